The number of ether oxygens (including phenoxy) is 1. The molecule has 1 heterocycles. The Bertz CT molecular complexity index is 1290. The molecular formula is C26H25ClN4O2S. The molecule has 1 amide bonds. The van der Waals surface area contributed by atoms with Gasteiger partial charge in [-0.15, -0.1) is 10.2 Å². The van der Waals surface area contributed by atoms with E-state index in [1.807, 2.05) is 92.1 Å². The zero-order chi connectivity index (χ0) is 24.1. The quantitative estimate of drug-likeness (QED) is 0.291. The van der Waals surface area contributed by atoms with Gasteiger partial charge in [-0.05, 0) is 80.9 Å². The van der Waals surface area contributed by atoms with Crippen molar-refractivity contribution in [3.63, 3.8) is 0 Å². The summed E-state index contributed by atoms with van der Waals surface area (Å²) in [6.07, 6.45) is 0. The summed E-state index contributed by atoms with van der Waals surface area (Å²) in [6, 6.07) is 21.1. The van der Waals surface area contributed by atoms with Gasteiger partial charge < -0.3 is 10.1 Å². The van der Waals surface area contributed by atoms with Gasteiger partial charge >= 0.3 is 0 Å². The molecule has 174 valence electrons. The van der Waals surface area contributed by atoms with Gasteiger partial charge in [0.2, 0.25) is 5.91 Å². The molecule has 4 rings (SSSR count). The summed E-state index contributed by atoms with van der Waals surface area (Å²) in [7, 11) is 0. The summed E-state index contributed by atoms with van der Waals surface area (Å²) in [5.74, 6) is 1.54. The average Bonchev–Trinajstić information content (AvgIpc) is 3.25. The molecule has 3 aromatic carbocycles. The van der Waals surface area contributed by atoms with Gasteiger partial charge in [0, 0.05) is 22.0 Å². The van der Waals surface area contributed by atoms with Crippen molar-refractivity contribution in [3.8, 4) is 22.8 Å². The van der Waals surface area contributed by atoms with Crippen LogP contribution in [0.5, 0.6) is 5.75 Å². The third kappa shape index (κ3) is 5.61. The van der Waals surface area contributed by atoms with Crippen LogP contribution in [0.4, 0.5) is 5.69 Å². The molecule has 1 aromatic heterocycles. The van der Waals surface area contributed by atoms with E-state index in [4.69, 9.17) is 16.3 Å². The average molecular weight is 493 g/mol. The Hall–Kier alpha value is -3.29. The fraction of sp³-hybridized carbons (Fsp3) is 0.192. The van der Waals surface area contributed by atoms with E-state index in [9.17, 15) is 4.79 Å². The lowest BCUT2D eigenvalue weighted by Crippen LogP contribution is -2.15. The third-order valence-corrected chi connectivity index (χ3v) is 6.31. The van der Waals surface area contributed by atoms with Gasteiger partial charge in [0.15, 0.2) is 11.0 Å². The maximum atomic E-state index is 12.7. The minimum atomic E-state index is -0.105. The smallest absolute Gasteiger partial charge is 0.234 e. The fourth-order valence-electron chi connectivity index (χ4n) is 3.51. The highest BCUT2D eigenvalue weighted by molar-refractivity contribution is 7.99. The van der Waals surface area contributed by atoms with Crippen LogP contribution in [0.3, 0.4) is 0 Å². The lowest BCUT2D eigenvalue weighted by Gasteiger charge is -2.12. The molecular weight excluding hydrogens is 468 g/mol. The highest BCUT2D eigenvalue weighted by Crippen LogP contribution is 2.30. The fourth-order valence-corrected chi connectivity index (χ4v) is 4.39. The second kappa shape index (κ2) is 10.8. The minimum absolute atomic E-state index is 0.105. The molecule has 4 aromatic rings. The molecule has 0 bridgehead atoms. The first-order chi connectivity index (χ1) is 16.4. The van der Waals surface area contributed by atoms with Gasteiger partial charge in [-0.2, -0.15) is 0 Å². The molecule has 0 unspecified atom stereocenters. The molecule has 0 atom stereocenters. The van der Waals surface area contributed by atoms with E-state index in [2.05, 4.69) is 15.5 Å². The van der Waals surface area contributed by atoms with Crippen molar-refractivity contribution in [2.45, 2.75) is 25.9 Å². The number of rotatable bonds is 8. The van der Waals surface area contributed by atoms with Crippen LogP contribution < -0.4 is 10.1 Å². The van der Waals surface area contributed by atoms with Crippen molar-refractivity contribution in [3.05, 3.63) is 82.9 Å². The number of hydrogen-bond acceptors (Lipinski definition) is 5. The number of thioether (sulfide) groups is 1. The topological polar surface area (TPSA) is 69.0 Å². The number of benzene rings is 3. The van der Waals surface area contributed by atoms with E-state index < -0.39 is 0 Å². The minimum Gasteiger partial charge on any atom is -0.494 e. The first-order valence-corrected chi connectivity index (χ1v) is 12.3. The van der Waals surface area contributed by atoms with Crippen LogP contribution in [0.1, 0.15) is 18.1 Å². The van der Waals surface area contributed by atoms with Crippen molar-refractivity contribution < 1.29 is 9.53 Å². The van der Waals surface area contributed by atoms with Crippen LogP contribution in [0.15, 0.2) is 71.9 Å². The SMILES string of the molecule is CCOc1ccc(-n2c(SCC(=O)Nc3ccc(C)cc3C)nnc2-c2ccc(Cl)cc2)cc1. The molecule has 0 radical (unpaired) electrons. The summed E-state index contributed by atoms with van der Waals surface area (Å²) < 4.78 is 7.51. The normalized spacial score (nSPS) is 10.8. The molecule has 34 heavy (non-hydrogen) atoms. The summed E-state index contributed by atoms with van der Waals surface area (Å²) >= 11 is 7.41. The zero-order valence-corrected chi connectivity index (χ0v) is 20.8. The van der Waals surface area contributed by atoms with E-state index in [1.54, 1.807) is 0 Å². The molecule has 0 fully saturated rings. The monoisotopic (exact) mass is 492 g/mol. The number of hydrogen-bond donors (Lipinski definition) is 1. The molecule has 0 aliphatic carbocycles. The van der Waals surface area contributed by atoms with Gasteiger partial charge in [-0.1, -0.05) is 41.1 Å². The van der Waals surface area contributed by atoms with E-state index in [0.717, 1.165) is 33.8 Å². The van der Waals surface area contributed by atoms with Crippen molar-refractivity contribution >= 4 is 35.0 Å². The summed E-state index contributed by atoms with van der Waals surface area (Å²) in [6.45, 7) is 6.56. The molecule has 0 spiro atoms. The van der Waals surface area contributed by atoms with E-state index in [1.165, 1.54) is 11.8 Å². The lowest BCUT2D eigenvalue weighted by molar-refractivity contribution is -0.113. The summed E-state index contributed by atoms with van der Waals surface area (Å²) in [5.41, 5.74) is 4.74. The number of carbonyl (C=O) groups excluding carboxylic acids is 1. The molecule has 1 N–H and O–H groups in total. The first kappa shape index (κ1) is 23.9. The second-order valence-electron chi connectivity index (χ2n) is 7.73. The van der Waals surface area contributed by atoms with Crippen LogP contribution in [0, 0.1) is 13.8 Å². The van der Waals surface area contributed by atoms with Crippen molar-refractivity contribution in [1.29, 1.82) is 0 Å². The maximum absolute atomic E-state index is 12.7. The molecule has 6 nitrogen and oxygen atoms in total. The Morgan fingerprint density at radius 2 is 1.76 bits per heavy atom. The third-order valence-electron chi connectivity index (χ3n) is 5.13. The van der Waals surface area contributed by atoms with Gasteiger partial charge in [-0.25, -0.2) is 0 Å². The first-order valence-electron chi connectivity index (χ1n) is 10.9. The second-order valence-corrected chi connectivity index (χ2v) is 9.11. The summed E-state index contributed by atoms with van der Waals surface area (Å²) in [4.78, 5) is 12.7. The van der Waals surface area contributed by atoms with Crippen LogP contribution in [-0.2, 0) is 4.79 Å². The standard InChI is InChI=1S/C26H25ClN4O2S/c1-4-33-22-12-10-21(11-13-22)31-25(19-6-8-20(27)9-7-19)29-30-26(31)34-16-24(32)28-23-14-5-17(2)15-18(23)3/h5-15H,4,16H2,1-3H3,(H,28,32). The van der Waals surface area contributed by atoms with Gasteiger partial charge in [0.25, 0.3) is 0 Å². The number of amides is 1. The number of aromatic nitrogens is 3. The Morgan fingerprint density at radius 1 is 1.03 bits per heavy atom. The van der Waals surface area contributed by atoms with Gasteiger partial charge in [0.05, 0.1) is 12.4 Å². The van der Waals surface area contributed by atoms with Crippen molar-refractivity contribution in [1.82, 2.24) is 14.8 Å². The van der Waals surface area contributed by atoms with Gasteiger partial charge in [0.1, 0.15) is 5.75 Å². The Kier molecular flexibility index (Phi) is 7.55. The highest BCUT2D eigenvalue weighted by atomic mass is 35.5. The lowest BCUT2D eigenvalue weighted by atomic mass is 10.1. The molecule has 0 saturated heterocycles. The predicted molar refractivity (Wildman–Crippen MR) is 138 cm³/mol. The number of halogens is 1. The largest absolute Gasteiger partial charge is 0.494 e. The van der Waals surface area contributed by atoms with Crippen LogP contribution in [-0.4, -0.2) is 33.0 Å². The predicted octanol–water partition coefficient (Wildman–Crippen LogP) is 6.33. The molecule has 0 aliphatic heterocycles. The van der Waals surface area contributed by atoms with Gasteiger partial charge in [-0.3, -0.25) is 9.36 Å². The number of nitrogens with one attached hydrogen (secondary N) is 1. The summed E-state index contributed by atoms with van der Waals surface area (Å²) in [5, 5.41) is 13.1. The highest BCUT2D eigenvalue weighted by Gasteiger charge is 2.18. The Labute approximate surface area is 208 Å². The number of carbonyl (C=O) groups is 1. The van der Waals surface area contributed by atoms with Crippen molar-refractivity contribution in [2.75, 3.05) is 17.7 Å². The number of nitrogens with zero attached hydrogens (tertiary/aromatic N) is 3. The number of anilines is 1. The number of aryl methyl sites for hydroxylation is 2. The Morgan fingerprint density at radius 3 is 2.44 bits per heavy atom. The van der Waals surface area contributed by atoms with Crippen LogP contribution in [0.2, 0.25) is 5.02 Å². The molecule has 8 heteroatoms. The van der Waals surface area contributed by atoms with E-state index >= 15 is 0 Å². The van der Waals surface area contributed by atoms with E-state index in [-0.39, 0.29) is 11.7 Å². The van der Waals surface area contributed by atoms with Crippen LogP contribution >= 0.6 is 23.4 Å². The van der Waals surface area contributed by atoms with Crippen LogP contribution in [0.25, 0.3) is 17.1 Å². The maximum Gasteiger partial charge on any atom is 0.234 e. The Balaban J connectivity index is 1.60. The molecule has 0 saturated carbocycles. The van der Waals surface area contributed by atoms with E-state index in [0.29, 0.717) is 22.6 Å². The zero-order valence-electron chi connectivity index (χ0n) is 19.2. The van der Waals surface area contributed by atoms with Crippen molar-refractivity contribution in [2.24, 2.45) is 0 Å². The molecule has 0 aliphatic rings.